The molecule has 0 amide bonds. The number of hydrogen-bond acceptors (Lipinski definition) is 5. The van der Waals surface area contributed by atoms with Crippen LogP contribution in [0.3, 0.4) is 0 Å². The molecule has 0 radical (unpaired) electrons. The van der Waals surface area contributed by atoms with Crippen LogP contribution in [-0.2, 0) is 0 Å². The molecule has 0 aromatic carbocycles. The van der Waals surface area contributed by atoms with Crippen LogP contribution >= 0.6 is 0 Å². The molecule has 0 spiro atoms. The predicted molar refractivity (Wildman–Crippen MR) is 76.0 cm³/mol. The maximum absolute atomic E-state index is 12.1. The maximum atomic E-state index is 12.1. The van der Waals surface area contributed by atoms with Gasteiger partial charge in [-0.05, 0) is 45.3 Å². The molecule has 1 fully saturated rings. The molecule has 6 nitrogen and oxygen atoms in total. The van der Waals surface area contributed by atoms with Crippen LogP contribution in [0.4, 0.5) is 0 Å². The summed E-state index contributed by atoms with van der Waals surface area (Å²) < 4.78 is 5.99. The number of aryl methyl sites for hydroxylation is 1. The summed E-state index contributed by atoms with van der Waals surface area (Å²) in [6, 6.07) is 1.33. The van der Waals surface area contributed by atoms with Gasteiger partial charge in [-0.1, -0.05) is 6.92 Å². The Kier molecular flexibility index (Phi) is 5.14. The fraction of sp³-hybridized carbons (Fsp3) is 0.714. The Bertz CT molecular complexity index is 500. The highest BCUT2D eigenvalue weighted by molar-refractivity contribution is 5.79. The second-order valence-corrected chi connectivity index (χ2v) is 5.41. The highest BCUT2D eigenvalue weighted by Crippen LogP contribution is 2.11. The minimum Gasteiger partial charge on any atom is -0.373 e. The third-order valence-electron chi connectivity index (χ3n) is 3.71. The van der Waals surface area contributed by atoms with Crippen molar-refractivity contribution in [2.75, 3.05) is 32.7 Å². The lowest BCUT2D eigenvalue weighted by Gasteiger charge is -2.28. The maximum Gasteiger partial charge on any atom is 0.290 e. The van der Waals surface area contributed by atoms with E-state index in [2.05, 4.69) is 10.2 Å². The molecule has 1 aliphatic rings. The van der Waals surface area contributed by atoms with Gasteiger partial charge in [0.25, 0.3) is 11.5 Å². The minimum absolute atomic E-state index is 0.222. The van der Waals surface area contributed by atoms with Gasteiger partial charge in [0.2, 0.25) is 0 Å². The van der Waals surface area contributed by atoms with E-state index in [1.807, 2.05) is 6.92 Å². The third kappa shape index (κ3) is 3.80. The molecule has 2 rings (SSSR count). The summed E-state index contributed by atoms with van der Waals surface area (Å²) in [5, 5.41) is 3.38. The molecule has 1 aromatic rings. The molecular formula is C14H23N3O3. The number of piperidine rings is 1. The number of carbonyl (C=O) groups excluding carboxylic acids is 1. The lowest BCUT2D eigenvalue weighted by Crippen LogP contribution is -2.42. The van der Waals surface area contributed by atoms with Crippen molar-refractivity contribution in [2.24, 2.45) is 5.92 Å². The van der Waals surface area contributed by atoms with E-state index in [1.54, 1.807) is 6.92 Å². The largest absolute Gasteiger partial charge is 0.373 e. The normalized spacial score (nSPS) is 19.4. The van der Waals surface area contributed by atoms with Crippen molar-refractivity contribution in [3.63, 3.8) is 0 Å². The highest BCUT2D eigenvalue weighted by atomic mass is 16.5. The van der Waals surface area contributed by atoms with Crippen LogP contribution in [0.15, 0.2) is 15.4 Å². The fourth-order valence-corrected chi connectivity index (χ4v) is 2.63. The van der Waals surface area contributed by atoms with E-state index in [0.29, 0.717) is 11.7 Å². The molecular weight excluding hydrogens is 258 g/mol. The average Bonchev–Trinajstić information content (AvgIpc) is 2.78. The number of carbonyl (C=O) groups is 1. The Morgan fingerprint density at radius 1 is 1.60 bits per heavy atom. The van der Waals surface area contributed by atoms with Crippen molar-refractivity contribution >= 4 is 5.91 Å². The van der Waals surface area contributed by atoms with Crippen LogP contribution in [0.2, 0.25) is 0 Å². The molecule has 1 aromatic heterocycles. The molecule has 1 saturated heterocycles. The fourth-order valence-electron chi connectivity index (χ4n) is 2.63. The summed E-state index contributed by atoms with van der Waals surface area (Å²) in [6.45, 7) is 7.67. The second kappa shape index (κ2) is 6.85. The number of rotatable bonds is 5. The van der Waals surface area contributed by atoms with Crippen molar-refractivity contribution in [3.8, 4) is 0 Å². The van der Waals surface area contributed by atoms with Gasteiger partial charge in [-0.2, -0.15) is 0 Å². The molecule has 0 aliphatic carbocycles. The molecule has 112 valence electrons. The molecule has 0 saturated carbocycles. The van der Waals surface area contributed by atoms with Gasteiger partial charge in [0.05, 0.1) is 6.54 Å². The van der Waals surface area contributed by atoms with Crippen molar-refractivity contribution in [2.45, 2.75) is 26.7 Å². The molecule has 1 atom stereocenters. The monoisotopic (exact) mass is 281 g/mol. The van der Waals surface area contributed by atoms with Crippen LogP contribution < -0.4 is 10.9 Å². The van der Waals surface area contributed by atoms with Crippen molar-refractivity contribution in [1.82, 2.24) is 15.0 Å². The summed E-state index contributed by atoms with van der Waals surface area (Å²) in [7, 11) is 0. The highest BCUT2D eigenvalue weighted by Gasteiger charge is 2.20. The minimum atomic E-state index is -0.386. The standard InChI is InChI=1S/C14H23N3O3/c1-3-16(9-12-5-4-6-15-8-12)10-14(19)17-13(18)7-11(2)20-17/h7,12,15H,3-6,8-10H2,1-2H3. The zero-order valence-corrected chi connectivity index (χ0v) is 12.2. The van der Waals surface area contributed by atoms with Crippen LogP contribution in [-0.4, -0.2) is 48.3 Å². The summed E-state index contributed by atoms with van der Waals surface area (Å²) in [6.07, 6.45) is 2.38. The number of hydrogen-bond donors (Lipinski definition) is 1. The summed E-state index contributed by atoms with van der Waals surface area (Å²) in [5.41, 5.74) is -0.386. The van der Waals surface area contributed by atoms with E-state index >= 15 is 0 Å². The van der Waals surface area contributed by atoms with E-state index in [0.717, 1.165) is 30.9 Å². The Balaban J connectivity index is 1.93. The predicted octanol–water partition coefficient (Wildman–Crippen LogP) is 0.711. The lowest BCUT2D eigenvalue weighted by atomic mass is 9.99. The van der Waals surface area contributed by atoms with E-state index in [9.17, 15) is 9.59 Å². The Morgan fingerprint density at radius 3 is 2.95 bits per heavy atom. The van der Waals surface area contributed by atoms with E-state index in [1.165, 1.54) is 18.9 Å². The van der Waals surface area contributed by atoms with Crippen LogP contribution in [0, 0.1) is 12.8 Å². The molecule has 1 aliphatic heterocycles. The number of aromatic nitrogens is 1. The number of nitrogens with zero attached hydrogens (tertiary/aromatic N) is 2. The van der Waals surface area contributed by atoms with E-state index in [-0.39, 0.29) is 18.0 Å². The SMILES string of the molecule is CCN(CC(=O)n1oc(C)cc1=O)CC1CCCNC1. The zero-order chi connectivity index (χ0) is 14.5. The number of likely N-dealkylation sites (N-methyl/N-ethyl adjacent to an activating group) is 1. The first-order chi connectivity index (χ1) is 9.60. The molecule has 2 heterocycles. The Morgan fingerprint density at radius 2 is 2.40 bits per heavy atom. The molecule has 1 N–H and O–H groups in total. The van der Waals surface area contributed by atoms with Crippen LogP contribution in [0.25, 0.3) is 0 Å². The van der Waals surface area contributed by atoms with E-state index < -0.39 is 0 Å². The Labute approximate surface area is 118 Å². The van der Waals surface area contributed by atoms with Gasteiger partial charge in [-0.25, -0.2) is 0 Å². The summed E-state index contributed by atoms with van der Waals surface area (Å²) >= 11 is 0. The zero-order valence-electron chi connectivity index (χ0n) is 12.2. The van der Waals surface area contributed by atoms with Crippen molar-refractivity contribution < 1.29 is 9.32 Å². The smallest absolute Gasteiger partial charge is 0.290 e. The second-order valence-electron chi connectivity index (χ2n) is 5.41. The van der Waals surface area contributed by atoms with Crippen molar-refractivity contribution in [3.05, 3.63) is 22.2 Å². The number of nitrogens with one attached hydrogen (secondary N) is 1. The van der Waals surface area contributed by atoms with Gasteiger partial charge in [0.15, 0.2) is 0 Å². The first-order valence-electron chi connectivity index (χ1n) is 7.26. The topological polar surface area (TPSA) is 67.5 Å². The molecule has 1 unspecified atom stereocenters. The first kappa shape index (κ1) is 15.0. The average molecular weight is 281 g/mol. The van der Waals surface area contributed by atoms with Gasteiger partial charge in [-0.15, -0.1) is 4.74 Å². The molecule has 20 heavy (non-hydrogen) atoms. The van der Waals surface area contributed by atoms with Gasteiger partial charge in [0.1, 0.15) is 5.76 Å². The Hall–Kier alpha value is -1.40. The third-order valence-corrected chi connectivity index (χ3v) is 3.71. The quantitative estimate of drug-likeness (QED) is 0.861. The first-order valence-corrected chi connectivity index (χ1v) is 7.26. The van der Waals surface area contributed by atoms with Gasteiger partial charge in [0, 0.05) is 12.6 Å². The molecule has 0 bridgehead atoms. The summed E-state index contributed by atoms with van der Waals surface area (Å²) in [5.74, 6) is 0.739. The summed E-state index contributed by atoms with van der Waals surface area (Å²) in [4.78, 5) is 25.7. The van der Waals surface area contributed by atoms with Crippen LogP contribution in [0.5, 0.6) is 0 Å². The van der Waals surface area contributed by atoms with E-state index in [4.69, 9.17) is 4.52 Å². The lowest BCUT2D eigenvalue weighted by molar-refractivity contribution is 0.0703. The van der Waals surface area contributed by atoms with Gasteiger partial charge >= 0.3 is 0 Å². The van der Waals surface area contributed by atoms with Crippen LogP contribution in [0.1, 0.15) is 30.3 Å². The molecule has 6 heteroatoms. The van der Waals surface area contributed by atoms with Crippen molar-refractivity contribution in [1.29, 1.82) is 0 Å². The van der Waals surface area contributed by atoms with Gasteiger partial charge in [-0.3, -0.25) is 14.5 Å². The van der Waals surface area contributed by atoms with Gasteiger partial charge < -0.3 is 9.84 Å².